The van der Waals surface area contributed by atoms with Crippen LogP contribution in [0, 0.1) is 28.5 Å². The first-order chi connectivity index (χ1) is 18.4. The number of nitriles is 2. The molecule has 1 atom stereocenters. The highest BCUT2D eigenvalue weighted by Gasteiger charge is 2.34. The molecular formula is C28H22FN5O4. The third-order valence-corrected chi connectivity index (χ3v) is 5.91. The fraction of sp³-hybridized carbons (Fsp3) is 0.179. The van der Waals surface area contributed by atoms with Crippen molar-refractivity contribution < 1.29 is 23.5 Å². The number of halogens is 1. The van der Waals surface area contributed by atoms with Crippen LogP contribution in [0.1, 0.15) is 40.3 Å². The van der Waals surface area contributed by atoms with Gasteiger partial charge in [-0.25, -0.2) is 14.0 Å². The number of allylic oxidation sites excluding steroid dienone is 1. The van der Waals surface area contributed by atoms with Gasteiger partial charge in [0.1, 0.15) is 30.3 Å². The number of carbonyl (C=O) groups is 2. The van der Waals surface area contributed by atoms with E-state index in [1.807, 2.05) is 30.3 Å². The Balaban J connectivity index is 1.67. The molecule has 0 aliphatic carbocycles. The molecule has 2 N–H and O–H groups in total. The molecule has 1 aliphatic heterocycles. The number of esters is 1. The lowest BCUT2D eigenvalue weighted by Crippen LogP contribution is -2.46. The predicted molar refractivity (Wildman–Crippen MR) is 133 cm³/mol. The summed E-state index contributed by atoms with van der Waals surface area (Å²) in [6, 6.07) is 15.1. The fourth-order valence-corrected chi connectivity index (χ4v) is 4.05. The lowest BCUT2D eigenvalue weighted by molar-refractivity contribution is -0.140. The summed E-state index contributed by atoms with van der Waals surface area (Å²) in [4.78, 5) is 30.1. The first-order valence-corrected chi connectivity index (χ1v) is 11.6. The third kappa shape index (κ3) is 5.94. The van der Waals surface area contributed by atoms with Crippen molar-refractivity contribution in [2.24, 2.45) is 0 Å². The number of urea groups is 1. The minimum absolute atomic E-state index is 0.145. The van der Waals surface area contributed by atoms with Gasteiger partial charge < -0.3 is 20.1 Å². The minimum Gasteiger partial charge on any atom is -0.497 e. The second kappa shape index (κ2) is 11.7. The van der Waals surface area contributed by atoms with E-state index in [9.17, 15) is 19.2 Å². The molecule has 1 aliphatic rings. The van der Waals surface area contributed by atoms with E-state index in [0.29, 0.717) is 35.4 Å². The Labute approximate surface area is 218 Å². The number of hydrogen-bond donors (Lipinski definition) is 2. The Bertz CT molecular complexity index is 1510. The van der Waals surface area contributed by atoms with Crippen LogP contribution >= 0.6 is 0 Å². The van der Waals surface area contributed by atoms with Crippen molar-refractivity contribution in [1.29, 1.82) is 10.5 Å². The molecule has 3 aromatic rings. The van der Waals surface area contributed by atoms with Gasteiger partial charge in [-0.3, -0.25) is 4.98 Å². The number of rotatable bonds is 8. The van der Waals surface area contributed by atoms with Crippen LogP contribution in [-0.4, -0.2) is 24.1 Å². The molecule has 2 amide bonds. The van der Waals surface area contributed by atoms with E-state index in [1.54, 1.807) is 13.2 Å². The number of carbonyl (C=O) groups excluding carboxylic acids is 2. The van der Waals surface area contributed by atoms with Gasteiger partial charge >= 0.3 is 12.0 Å². The highest BCUT2D eigenvalue weighted by molar-refractivity contribution is 5.95. The molecule has 190 valence electrons. The van der Waals surface area contributed by atoms with Crippen LogP contribution < -0.4 is 15.4 Å². The molecule has 0 radical (unpaired) electrons. The maximum Gasteiger partial charge on any atom is 0.338 e. The average molecular weight is 512 g/mol. The summed E-state index contributed by atoms with van der Waals surface area (Å²) in [5, 5.41) is 23.8. The number of hydrogen-bond acceptors (Lipinski definition) is 7. The molecule has 1 aromatic heterocycles. The summed E-state index contributed by atoms with van der Waals surface area (Å²) in [5.74, 6) is -0.721. The number of aryl methyl sites for hydroxylation is 1. The summed E-state index contributed by atoms with van der Waals surface area (Å²) in [6.45, 7) is -0.225. The van der Waals surface area contributed by atoms with E-state index in [4.69, 9.17) is 14.7 Å². The minimum atomic E-state index is -0.930. The number of nitrogens with zero attached hydrogens (tertiary/aromatic N) is 3. The molecule has 0 saturated carbocycles. The number of benzene rings is 2. The summed E-state index contributed by atoms with van der Waals surface area (Å²) in [5.41, 5.74) is 2.37. The van der Waals surface area contributed by atoms with Crippen LogP contribution in [-0.2, 0) is 22.6 Å². The number of methoxy groups -OCH3 is 1. The zero-order valence-electron chi connectivity index (χ0n) is 20.3. The van der Waals surface area contributed by atoms with Gasteiger partial charge in [-0.2, -0.15) is 10.5 Å². The Hall–Kier alpha value is -5.22. The van der Waals surface area contributed by atoms with Crippen molar-refractivity contribution in [2.75, 3.05) is 7.11 Å². The van der Waals surface area contributed by atoms with E-state index in [1.165, 1.54) is 30.6 Å². The quantitative estimate of drug-likeness (QED) is 0.437. The van der Waals surface area contributed by atoms with E-state index >= 15 is 0 Å². The predicted octanol–water partition coefficient (Wildman–Crippen LogP) is 3.96. The van der Waals surface area contributed by atoms with Gasteiger partial charge in [0, 0.05) is 18.1 Å². The van der Waals surface area contributed by atoms with E-state index < -0.39 is 23.9 Å². The van der Waals surface area contributed by atoms with Crippen LogP contribution in [0.4, 0.5) is 9.18 Å². The molecule has 0 bridgehead atoms. The third-order valence-electron chi connectivity index (χ3n) is 5.91. The SMILES string of the molecule is COc1cccc(CCC2=C(C(=O)OCc3ccc(F)c(C#N)c3)C(c3cncc(C#N)c3)NC(=O)N2)c1. The van der Waals surface area contributed by atoms with Crippen molar-refractivity contribution in [2.45, 2.75) is 25.5 Å². The summed E-state index contributed by atoms with van der Waals surface area (Å²) >= 11 is 0. The zero-order valence-corrected chi connectivity index (χ0v) is 20.3. The summed E-state index contributed by atoms with van der Waals surface area (Å²) in [7, 11) is 1.57. The number of pyridine rings is 1. The smallest absolute Gasteiger partial charge is 0.338 e. The van der Waals surface area contributed by atoms with Crippen molar-refractivity contribution in [1.82, 2.24) is 15.6 Å². The Morgan fingerprint density at radius 2 is 1.92 bits per heavy atom. The van der Waals surface area contributed by atoms with Crippen LogP contribution in [0.15, 0.2) is 72.2 Å². The van der Waals surface area contributed by atoms with Crippen molar-refractivity contribution in [3.63, 3.8) is 0 Å². The van der Waals surface area contributed by atoms with Crippen LogP contribution in [0.5, 0.6) is 5.75 Å². The average Bonchev–Trinajstić information content (AvgIpc) is 2.95. The largest absolute Gasteiger partial charge is 0.497 e. The molecule has 4 rings (SSSR count). The highest BCUT2D eigenvalue weighted by Crippen LogP contribution is 2.30. The van der Waals surface area contributed by atoms with Gasteiger partial charge in [-0.1, -0.05) is 18.2 Å². The first kappa shape index (κ1) is 25.9. The van der Waals surface area contributed by atoms with E-state index in [-0.39, 0.29) is 23.3 Å². The molecule has 2 aromatic carbocycles. The van der Waals surface area contributed by atoms with Crippen molar-refractivity contribution >= 4 is 12.0 Å². The van der Waals surface area contributed by atoms with Crippen molar-refractivity contribution in [3.8, 4) is 17.9 Å². The second-order valence-corrected chi connectivity index (χ2v) is 8.40. The van der Waals surface area contributed by atoms with Crippen LogP contribution in [0.2, 0.25) is 0 Å². The number of nitrogens with one attached hydrogen (secondary N) is 2. The Morgan fingerprint density at radius 3 is 2.68 bits per heavy atom. The molecule has 0 fully saturated rings. The van der Waals surface area contributed by atoms with Crippen molar-refractivity contribution in [3.05, 3.63) is 106 Å². The van der Waals surface area contributed by atoms with Crippen LogP contribution in [0.25, 0.3) is 0 Å². The molecule has 2 heterocycles. The monoisotopic (exact) mass is 511 g/mol. The standard InChI is InChI=1S/C28H22FN5O4/c1-37-22-4-2-3-17(11-22)6-8-24-25(27(35)38-16-18-5-7-23(29)20(9-18)13-31)26(34-28(36)33-24)21-10-19(12-30)14-32-15-21/h2-5,7,9-11,14-15,26H,6,8,16H2,1H3,(H2,33,34,36). The molecular weight excluding hydrogens is 489 g/mol. The number of amides is 2. The highest BCUT2D eigenvalue weighted by atomic mass is 19.1. The Kier molecular flexibility index (Phi) is 7.95. The lowest BCUT2D eigenvalue weighted by atomic mass is 9.93. The topological polar surface area (TPSA) is 137 Å². The molecule has 38 heavy (non-hydrogen) atoms. The molecule has 0 saturated heterocycles. The van der Waals surface area contributed by atoms with Gasteiger partial charge in [0.25, 0.3) is 0 Å². The van der Waals surface area contributed by atoms with Gasteiger partial charge in [0.05, 0.1) is 29.9 Å². The summed E-state index contributed by atoms with van der Waals surface area (Å²) < 4.78 is 24.5. The number of ether oxygens (including phenoxy) is 2. The molecule has 9 nitrogen and oxygen atoms in total. The fourth-order valence-electron chi connectivity index (χ4n) is 4.05. The maximum atomic E-state index is 13.7. The lowest BCUT2D eigenvalue weighted by Gasteiger charge is -2.29. The first-order valence-electron chi connectivity index (χ1n) is 11.6. The van der Waals surface area contributed by atoms with Gasteiger partial charge in [-0.05, 0) is 59.9 Å². The normalized spacial score (nSPS) is 14.5. The van der Waals surface area contributed by atoms with Gasteiger partial charge in [0.2, 0.25) is 0 Å². The number of aromatic nitrogens is 1. The van der Waals surface area contributed by atoms with Crippen LogP contribution in [0.3, 0.4) is 0 Å². The molecule has 1 unspecified atom stereocenters. The molecule has 0 spiro atoms. The van der Waals surface area contributed by atoms with Gasteiger partial charge in [-0.15, -0.1) is 0 Å². The second-order valence-electron chi connectivity index (χ2n) is 8.40. The molecule has 10 heteroatoms. The van der Waals surface area contributed by atoms with E-state index in [2.05, 4.69) is 15.6 Å². The summed E-state index contributed by atoms with van der Waals surface area (Å²) in [6.07, 6.45) is 3.61. The van der Waals surface area contributed by atoms with Gasteiger partial charge in [0.15, 0.2) is 0 Å². The zero-order chi connectivity index (χ0) is 27.1. The Morgan fingerprint density at radius 1 is 1.08 bits per heavy atom. The van der Waals surface area contributed by atoms with E-state index in [0.717, 1.165) is 11.6 Å². The maximum absolute atomic E-state index is 13.7.